The van der Waals surface area contributed by atoms with Crippen molar-refractivity contribution in [2.75, 3.05) is 13.7 Å². The summed E-state index contributed by atoms with van der Waals surface area (Å²) in [4.78, 5) is 4.53. The van der Waals surface area contributed by atoms with E-state index >= 15 is 0 Å². The third-order valence-electron chi connectivity index (χ3n) is 4.02. The summed E-state index contributed by atoms with van der Waals surface area (Å²) in [7, 11) is 1.45. The van der Waals surface area contributed by atoms with Crippen LogP contribution in [-0.2, 0) is 25.9 Å². The number of hydrogen-bond donors (Lipinski definition) is 2. The minimum atomic E-state index is -0.386. The van der Waals surface area contributed by atoms with Gasteiger partial charge in [-0.05, 0) is 31.0 Å². The molecular weight excluding hydrogens is 462 g/mol. The highest BCUT2D eigenvalue weighted by Gasteiger charge is 2.13. The highest BCUT2D eigenvalue weighted by atomic mass is 127. The van der Waals surface area contributed by atoms with E-state index in [4.69, 9.17) is 9.26 Å². The topological polar surface area (TPSA) is 71.7 Å². The van der Waals surface area contributed by atoms with Gasteiger partial charge >= 0.3 is 0 Å². The Morgan fingerprint density at radius 2 is 2.00 bits per heavy atom. The van der Waals surface area contributed by atoms with E-state index in [1.165, 1.54) is 13.2 Å². The number of ether oxygens (including phenoxy) is 1. The molecule has 0 atom stereocenters. The summed E-state index contributed by atoms with van der Waals surface area (Å²) in [6, 6.07) is 4.86. The quantitative estimate of drug-likeness (QED) is 0.335. The standard InChI is InChI=1S/C19H27FN4O2.HI/c1-5-16-14(17(6-2)26-24-16)12-23-19(21-7-3)22-11-13-8-9-18(25-4)15(20)10-13;/h8-10H,5-7,11-12H2,1-4H3,(H2,21,22,23);1H. The van der Waals surface area contributed by atoms with Gasteiger partial charge in [0.1, 0.15) is 5.76 Å². The van der Waals surface area contributed by atoms with Gasteiger partial charge in [0.25, 0.3) is 0 Å². The van der Waals surface area contributed by atoms with Crippen LogP contribution in [0.15, 0.2) is 27.7 Å². The van der Waals surface area contributed by atoms with Crippen molar-refractivity contribution in [1.82, 2.24) is 15.8 Å². The highest BCUT2D eigenvalue weighted by molar-refractivity contribution is 14.0. The fourth-order valence-corrected chi connectivity index (χ4v) is 2.63. The third-order valence-corrected chi connectivity index (χ3v) is 4.02. The lowest BCUT2D eigenvalue weighted by molar-refractivity contribution is 0.380. The maximum atomic E-state index is 13.8. The lowest BCUT2D eigenvalue weighted by Gasteiger charge is -2.12. The smallest absolute Gasteiger partial charge is 0.191 e. The summed E-state index contributed by atoms with van der Waals surface area (Å²) in [6.07, 6.45) is 1.61. The second kappa shape index (κ2) is 11.8. The van der Waals surface area contributed by atoms with Gasteiger partial charge in [0.15, 0.2) is 17.5 Å². The van der Waals surface area contributed by atoms with Crippen LogP contribution >= 0.6 is 24.0 Å². The first-order valence-corrected chi connectivity index (χ1v) is 8.93. The van der Waals surface area contributed by atoms with Gasteiger partial charge in [0.2, 0.25) is 0 Å². The molecule has 2 N–H and O–H groups in total. The number of nitrogens with one attached hydrogen (secondary N) is 2. The zero-order valence-electron chi connectivity index (χ0n) is 16.3. The fourth-order valence-electron chi connectivity index (χ4n) is 2.63. The van der Waals surface area contributed by atoms with Crippen molar-refractivity contribution in [3.05, 3.63) is 46.6 Å². The second-order valence-corrected chi connectivity index (χ2v) is 5.76. The average Bonchev–Trinajstić information content (AvgIpc) is 3.06. The van der Waals surface area contributed by atoms with Crippen molar-refractivity contribution in [3.8, 4) is 5.75 Å². The lowest BCUT2D eigenvalue weighted by atomic mass is 10.1. The Bertz CT molecular complexity index is 728. The molecule has 0 aliphatic rings. The van der Waals surface area contributed by atoms with E-state index in [1.54, 1.807) is 12.1 Å². The maximum Gasteiger partial charge on any atom is 0.191 e. The zero-order chi connectivity index (χ0) is 18.9. The third kappa shape index (κ3) is 6.37. The van der Waals surface area contributed by atoms with Gasteiger partial charge in [-0.2, -0.15) is 0 Å². The molecular formula is C19H28FIN4O2. The molecule has 0 radical (unpaired) electrons. The SMILES string of the molecule is CCNC(=NCc1ccc(OC)c(F)c1)NCc1c(CC)noc1CC.I. The molecule has 0 saturated carbocycles. The summed E-state index contributed by atoms with van der Waals surface area (Å²) >= 11 is 0. The van der Waals surface area contributed by atoms with Crippen LogP contribution in [0, 0.1) is 5.82 Å². The minimum absolute atomic E-state index is 0. The minimum Gasteiger partial charge on any atom is -0.494 e. The number of hydrogen-bond acceptors (Lipinski definition) is 4. The number of nitrogens with zero attached hydrogens (tertiary/aromatic N) is 2. The number of rotatable bonds is 8. The van der Waals surface area contributed by atoms with Crippen LogP contribution in [0.25, 0.3) is 0 Å². The fraction of sp³-hybridized carbons (Fsp3) is 0.474. The summed E-state index contributed by atoms with van der Waals surface area (Å²) in [5.41, 5.74) is 2.81. The van der Waals surface area contributed by atoms with Crippen molar-refractivity contribution in [1.29, 1.82) is 0 Å². The molecule has 0 saturated heterocycles. The van der Waals surface area contributed by atoms with Gasteiger partial charge in [-0.3, -0.25) is 0 Å². The number of halogens is 2. The molecule has 1 aromatic heterocycles. The predicted octanol–water partition coefficient (Wildman–Crippen LogP) is 3.82. The average molecular weight is 490 g/mol. The first-order valence-electron chi connectivity index (χ1n) is 8.93. The molecule has 150 valence electrons. The van der Waals surface area contributed by atoms with Crippen LogP contribution in [0.4, 0.5) is 4.39 Å². The molecule has 0 spiro atoms. The van der Waals surface area contributed by atoms with E-state index in [9.17, 15) is 4.39 Å². The molecule has 0 aliphatic heterocycles. The molecule has 0 amide bonds. The van der Waals surface area contributed by atoms with E-state index in [-0.39, 0.29) is 35.5 Å². The number of benzene rings is 1. The Morgan fingerprint density at radius 3 is 2.59 bits per heavy atom. The number of aryl methyl sites for hydroxylation is 2. The Labute approximate surface area is 177 Å². The lowest BCUT2D eigenvalue weighted by Crippen LogP contribution is -2.37. The summed E-state index contributed by atoms with van der Waals surface area (Å²) in [5.74, 6) is 1.40. The van der Waals surface area contributed by atoms with Crippen molar-refractivity contribution >= 4 is 29.9 Å². The molecule has 2 aromatic rings. The predicted molar refractivity (Wildman–Crippen MR) is 115 cm³/mol. The highest BCUT2D eigenvalue weighted by Crippen LogP contribution is 2.18. The summed E-state index contributed by atoms with van der Waals surface area (Å²) in [6.45, 7) is 7.77. The zero-order valence-corrected chi connectivity index (χ0v) is 18.6. The molecule has 0 fully saturated rings. The normalized spacial score (nSPS) is 11.1. The van der Waals surface area contributed by atoms with E-state index in [0.717, 1.165) is 42.0 Å². The first-order chi connectivity index (χ1) is 12.6. The van der Waals surface area contributed by atoms with Crippen LogP contribution in [0.3, 0.4) is 0 Å². The second-order valence-electron chi connectivity index (χ2n) is 5.76. The van der Waals surface area contributed by atoms with Crippen molar-refractivity contribution in [2.24, 2.45) is 4.99 Å². The summed E-state index contributed by atoms with van der Waals surface area (Å²) < 4.78 is 24.1. The van der Waals surface area contributed by atoms with Gasteiger partial charge < -0.3 is 19.9 Å². The molecule has 0 aliphatic carbocycles. The molecule has 6 nitrogen and oxygen atoms in total. The largest absolute Gasteiger partial charge is 0.494 e. The summed E-state index contributed by atoms with van der Waals surface area (Å²) in [5, 5.41) is 10.6. The van der Waals surface area contributed by atoms with Gasteiger partial charge in [0, 0.05) is 25.1 Å². The molecule has 8 heteroatoms. The van der Waals surface area contributed by atoms with Gasteiger partial charge in [0.05, 0.1) is 19.3 Å². The van der Waals surface area contributed by atoms with Gasteiger partial charge in [-0.15, -0.1) is 24.0 Å². The number of guanidine groups is 1. The number of aliphatic imine (C=N–C) groups is 1. The van der Waals surface area contributed by atoms with E-state index in [0.29, 0.717) is 19.0 Å². The molecule has 1 aromatic carbocycles. The van der Waals surface area contributed by atoms with Crippen molar-refractivity contribution in [2.45, 2.75) is 46.7 Å². The van der Waals surface area contributed by atoms with Crippen LogP contribution in [0.1, 0.15) is 43.4 Å². The van der Waals surface area contributed by atoms with Crippen LogP contribution in [0.2, 0.25) is 0 Å². The Morgan fingerprint density at radius 1 is 1.22 bits per heavy atom. The molecule has 0 unspecified atom stereocenters. The van der Waals surface area contributed by atoms with Crippen molar-refractivity contribution in [3.63, 3.8) is 0 Å². The van der Waals surface area contributed by atoms with E-state index in [1.807, 2.05) is 13.8 Å². The van der Waals surface area contributed by atoms with Gasteiger partial charge in [-0.25, -0.2) is 9.38 Å². The van der Waals surface area contributed by atoms with E-state index in [2.05, 4.69) is 27.7 Å². The monoisotopic (exact) mass is 490 g/mol. The Kier molecular flexibility index (Phi) is 10.1. The van der Waals surface area contributed by atoms with Crippen LogP contribution in [-0.4, -0.2) is 24.8 Å². The number of aromatic nitrogens is 1. The Hall–Kier alpha value is -1.84. The first kappa shape index (κ1) is 23.2. The maximum absolute atomic E-state index is 13.8. The number of methoxy groups -OCH3 is 1. The van der Waals surface area contributed by atoms with Gasteiger partial charge in [-0.1, -0.05) is 25.1 Å². The van der Waals surface area contributed by atoms with Crippen LogP contribution < -0.4 is 15.4 Å². The molecule has 2 rings (SSSR count). The van der Waals surface area contributed by atoms with E-state index < -0.39 is 0 Å². The van der Waals surface area contributed by atoms with Crippen LogP contribution in [0.5, 0.6) is 5.75 Å². The molecule has 0 bridgehead atoms. The Balaban J connectivity index is 0.00000364. The molecule has 27 heavy (non-hydrogen) atoms. The van der Waals surface area contributed by atoms with Crippen molar-refractivity contribution < 1.29 is 13.7 Å². The molecule has 1 heterocycles.